The zero-order valence-corrected chi connectivity index (χ0v) is 17.9. The predicted molar refractivity (Wildman–Crippen MR) is 125 cm³/mol. The van der Waals surface area contributed by atoms with Crippen LogP contribution in [0, 0.1) is 0 Å². The monoisotopic (exact) mass is 401 g/mol. The van der Waals surface area contributed by atoms with Crippen LogP contribution >= 0.6 is 0 Å². The molecule has 0 fully saturated rings. The van der Waals surface area contributed by atoms with Gasteiger partial charge in [0.15, 0.2) is 0 Å². The minimum absolute atomic E-state index is 0.298. The van der Waals surface area contributed by atoms with E-state index in [2.05, 4.69) is 65.6 Å². The van der Waals surface area contributed by atoms with Gasteiger partial charge in [-0.25, -0.2) is 9.97 Å². The lowest BCUT2D eigenvalue weighted by Gasteiger charge is -2.27. The molecule has 3 N–H and O–H groups in total. The van der Waals surface area contributed by atoms with E-state index in [1.165, 1.54) is 28.7 Å². The van der Waals surface area contributed by atoms with Gasteiger partial charge in [0.1, 0.15) is 0 Å². The molecule has 4 rings (SSSR count). The highest BCUT2D eigenvalue weighted by molar-refractivity contribution is 5.72. The van der Waals surface area contributed by atoms with Crippen molar-refractivity contribution >= 4 is 11.6 Å². The molecule has 1 atom stereocenters. The molecule has 1 unspecified atom stereocenters. The van der Waals surface area contributed by atoms with Crippen LogP contribution in [-0.4, -0.2) is 41.5 Å². The van der Waals surface area contributed by atoms with Crippen LogP contribution in [0.25, 0.3) is 11.3 Å². The topological polar surface area (TPSA) is 67.1 Å². The highest BCUT2D eigenvalue weighted by Gasteiger charge is 2.27. The van der Waals surface area contributed by atoms with Crippen molar-refractivity contribution in [3.63, 3.8) is 0 Å². The van der Waals surface area contributed by atoms with Gasteiger partial charge in [-0.05, 0) is 68.2 Å². The molecule has 0 aliphatic heterocycles. The summed E-state index contributed by atoms with van der Waals surface area (Å²) in [5, 5.41) is 3.41. The third-order valence-corrected chi connectivity index (χ3v) is 6.01. The molecule has 156 valence electrons. The molecule has 0 amide bonds. The molecule has 0 saturated heterocycles. The number of unbranched alkanes of at least 4 members (excludes halogenated alkanes) is 1. The van der Waals surface area contributed by atoms with Crippen molar-refractivity contribution in [3.8, 4) is 11.3 Å². The Morgan fingerprint density at radius 1 is 1.10 bits per heavy atom. The van der Waals surface area contributed by atoms with E-state index in [0.29, 0.717) is 5.92 Å². The fraction of sp³-hybridized carbons (Fsp3) is 0.360. The van der Waals surface area contributed by atoms with Gasteiger partial charge in [-0.15, -0.1) is 0 Å². The first-order valence-electron chi connectivity index (χ1n) is 10.9. The largest absolute Gasteiger partial charge is 0.399 e. The SMILES string of the molecule is CCN(C)CCCCNc1ncc2c(n1)-c1ccccc1C(c1ccc(N)cc1)C2. The van der Waals surface area contributed by atoms with Crippen LogP contribution in [0.4, 0.5) is 11.6 Å². The summed E-state index contributed by atoms with van der Waals surface area (Å²) in [6.45, 7) is 5.31. The van der Waals surface area contributed by atoms with Crippen LogP contribution in [0.1, 0.15) is 42.4 Å². The number of hydrogen-bond acceptors (Lipinski definition) is 5. The number of nitrogens with zero attached hydrogens (tertiary/aromatic N) is 3. The van der Waals surface area contributed by atoms with E-state index in [9.17, 15) is 0 Å². The van der Waals surface area contributed by atoms with Crippen LogP contribution in [-0.2, 0) is 6.42 Å². The van der Waals surface area contributed by atoms with E-state index in [1.807, 2.05) is 18.3 Å². The van der Waals surface area contributed by atoms with Crippen LogP contribution in [0.2, 0.25) is 0 Å². The molecule has 0 radical (unpaired) electrons. The number of hydrogen-bond donors (Lipinski definition) is 2. The van der Waals surface area contributed by atoms with Crippen molar-refractivity contribution in [2.45, 2.75) is 32.1 Å². The van der Waals surface area contributed by atoms with Gasteiger partial charge in [0.25, 0.3) is 0 Å². The summed E-state index contributed by atoms with van der Waals surface area (Å²) in [7, 11) is 2.16. The Labute approximate surface area is 179 Å². The van der Waals surface area contributed by atoms with Crippen molar-refractivity contribution in [2.24, 2.45) is 0 Å². The van der Waals surface area contributed by atoms with Crippen molar-refractivity contribution in [3.05, 3.63) is 71.4 Å². The third-order valence-electron chi connectivity index (χ3n) is 6.01. The highest BCUT2D eigenvalue weighted by Crippen LogP contribution is 2.41. The quantitative estimate of drug-likeness (QED) is 0.428. The molecule has 30 heavy (non-hydrogen) atoms. The first-order chi connectivity index (χ1) is 14.7. The van der Waals surface area contributed by atoms with E-state index in [0.717, 1.165) is 49.8 Å². The molecular weight excluding hydrogens is 370 g/mol. The summed E-state index contributed by atoms with van der Waals surface area (Å²) in [4.78, 5) is 11.8. The Balaban J connectivity index is 1.51. The van der Waals surface area contributed by atoms with Crippen LogP contribution in [0.3, 0.4) is 0 Å². The first kappa shape index (κ1) is 20.4. The molecule has 0 bridgehead atoms. The predicted octanol–water partition coefficient (Wildman–Crippen LogP) is 4.56. The van der Waals surface area contributed by atoms with Gasteiger partial charge >= 0.3 is 0 Å². The zero-order valence-electron chi connectivity index (χ0n) is 17.9. The number of nitrogen functional groups attached to an aromatic ring is 1. The lowest BCUT2D eigenvalue weighted by molar-refractivity contribution is 0.345. The van der Waals surface area contributed by atoms with Crippen molar-refractivity contribution in [2.75, 3.05) is 37.7 Å². The van der Waals surface area contributed by atoms with Gasteiger partial charge in [0.2, 0.25) is 5.95 Å². The molecular formula is C25H31N5. The lowest BCUT2D eigenvalue weighted by Crippen LogP contribution is -2.19. The Morgan fingerprint density at radius 3 is 2.70 bits per heavy atom. The molecule has 5 nitrogen and oxygen atoms in total. The number of aromatic nitrogens is 2. The van der Waals surface area contributed by atoms with Crippen molar-refractivity contribution < 1.29 is 0 Å². The number of nitrogens with one attached hydrogen (secondary N) is 1. The molecule has 1 aliphatic carbocycles. The zero-order chi connectivity index (χ0) is 20.9. The highest BCUT2D eigenvalue weighted by atomic mass is 15.1. The third kappa shape index (κ3) is 4.46. The minimum atomic E-state index is 0.298. The molecule has 3 aromatic rings. The molecule has 1 heterocycles. The van der Waals surface area contributed by atoms with Crippen molar-refractivity contribution in [1.82, 2.24) is 14.9 Å². The molecule has 2 aromatic carbocycles. The van der Waals surface area contributed by atoms with E-state index >= 15 is 0 Å². The average molecular weight is 402 g/mol. The van der Waals surface area contributed by atoms with Gasteiger partial charge in [-0.2, -0.15) is 0 Å². The molecule has 0 spiro atoms. The molecule has 0 saturated carbocycles. The maximum atomic E-state index is 5.90. The lowest BCUT2D eigenvalue weighted by atomic mass is 9.78. The average Bonchev–Trinajstić information content (AvgIpc) is 2.78. The summed E-state index contributed by atoms with van der Waals surface area (Å²) < 4.78 is 0. The maximum absolute atomic E-state index is 5.90. The summed E-state index contributed by atoms with van der Waals surface area (Å²) in [6.07, 6.45) is 5.19. The van der Waals surface area contributed by atoms with Crippen LogP contribution < -0.4 is 11.1 Å². The second-order valence-electron chi connectivity index (χ2n) is 8.11. The van der Waals surface area contributed by atoms with Gasteiger partial charge in [-0.3, -0.25) is 0 Å². The molecule has 1 aromatic heterocycles. The molecule has 1 aliphatic rings. The summed E-state index contributed by atoms with van der Waals surface area (Å²) in [6, 6.07) is 16.8. The second-order valence-corrected chi connectivity index (χ2v) is 8.11. The van der Waals surface area contributed by atoms with Gasteiger partial charge < -0.3 is 16.0 Å². The number of fused-ring (bicyclic) bond motifs is 3. The first-order valence-corrected chi connectivity index (χ1v) is 10.9. The summed E-state index contributed by atoms with van der Waals surface area (Å²) in [5.74, 6) is 1.02. The van der Waals surface area contributed by atoms with Gasteiger partial charge in [0.05, 0.1) is 5.69 Å². The van der Waals surface area contributed by atoms with Crippen LogP contribution in [0.15, 0.2) is 54.7 Å². The minimum Gasteiger partial charge on any atom is -0.399 e. The fourth-order valence-corrected chi connectivity index (χ4v) is 4.11. The standard InChI is InChI=1S/C25H31N5/c1-3-30(2)15-7-6-14-27-25-28-17-19-16-23(18-10-12-20(26)13-11-18)21-8-4-5-9-22(21)24(19)29-25/h4-5,8-13,17,23H,3,6-7,14-16,26H2,1-2H3,(H,27,28,29). The summed E-state index contributed by atoms with van der Waals surface area (Å²) in [5.41, 5.74) is 12.8. The second kappa shape index (κ2) is 9.26. The van der Waals surface area contributed by atoms with Gasteiger partial charge in [-0.1, -0.05) is 43.3 Å². The number of benzene rings is 2. The number of rotatable bonds is 8. The normalized spacial score (nSPS) is 15.0. The Morgan fingerprint density at radius 2 is 1.90 bits per heavy atom. The maximum Gasteiger partial charge on any atom is 0.223 e. The molecule has 5 heteroatoms. The Bertz CT molecular complexity index is 983. The number of anilines is 2. The summed E-state index contributed by atoms with van der Waals surface area (Å²) >= 11 is 0. The fourth-order valence-electron chi connectivity index (χ4n) is 4.11. The van der Waals surface area contributed by atoms with E-state index in [1.54, 1.807) is 0 Å². The Hall–Kier alpha value is -2.92. The van der Waals surface area contributed by atoms with E-state index in [4.69, 9.17) is 10.7 Å². The van der Waals surface area contributed by atoms with Gasteiger partial charge in [0, 0.05) is 29.9 Å². The number of nitrogens with two attached hydrogens (primary N) is 1. The van der Waals surface area contributed by atoms with Crippen LogP contribution in [0.5, 0.6) is 0 Å². The van der Waals surface area contributed by atoms with E-state index in [-0.39, 0.29) is 0 Å². The van der Waals surface area contributed by atoms with Crippen molar-refractivity contribution in [1.29, 1.82) is 0 Å². The van der Waals surface area contributed by atoms with E-state index < -0.39 is 0 Å². The smallest absolute Gasteiger partial charge is 0.223 e. The Kier molecular flexibility index (Phi) is 6.29.